The summed E-state index contributed by atoms with van der Waals surface area (Å²) in [5, 5.41) is 39.8. The van der Waals surface area contributed by atoms with Gasteiger partial charge < -0.3 is 25.2 Å². The smallest absolute Gasteiger partial charge is 0.146 e. The van der Waals surface area contributed by atoms with Crippen molar-refractivity contribution in [1.82, 2.24) is 4.31 Å². The molecule has 0 aromatic carbocycles. The van der Waals surface area contributed by atoms with Gasteiger partial charge in [0.15, 0.2) is 0 Å². The summed E-state index contributed by atoms with van der Waals surface area (Å²) in [6.45, 7) is 5.90. The van der Waals surface area contributed by atoms with Crippen LogP contribution in [0.15, 0.2) is 0 Å². The fourth-order valence-electron chi connectivity index (χ4n) is 3.66. The summed E-state index contributed by atoms with van der Waals surface area (Å²) in [6.07, 6.45) is 10.1. The maximum atomic E-state index is 10.3. The van der Waals surface area contributed by atoms with Crippen LogP contribution in [0.4, 0.5) is 0 Å². The van der Waals surface area contributed by atoms with Crippen molar-refractivity contribution in [2.24, 2.45) is 0 Å². The summed E-state index contributed by atoms with van der Waals surface area (Å²) in [4.78, 5) is 0. The van der Waals surface area contributed by atoms with E-state index in [1.165, 1.54) is 76.2 Å². The molecule has 1 heterocycles. The molecule has 174 valence electrons. The van der Waals surface area contributed by atoms with Gasteiger partial charge in [-0.3, -0.25) is 0 Å². The third kappa shape index (κ3) is 10.8. The standard InChI is InChI=1S/C22H45NO5S/c1-3-5-7-9-11-13-15-23(16-14-12-10-8-6-4-2)29-22-21(27)20(26)19(25)18(17-24)28-22/h18-22,24-27H,3-17H2,1-2H3/t18-,19-,20+,21-,22+/m1/s1. The molecule has 0 aromatic heterocycles. The molecule has 29 heavy (non-hydrogen) atoms. The molecule has 7 heteroatoms. The molecule has 0 bridgehead atoms. The molecule has 0 aromatic rings. The van der Waals surface area contributed by atoms with Gasteiger partial charge in [0.25, 0.3) is 0 Å². The predicted molar refractivity (Wildman–Crippen MR) is 120 cm³/mol. The van der Waals surface area contributed by atoms with Crippen molar-refractivity contribution in [2.45, 2.75) is 121 Å². The molecule has 0 unspecified atom stereocenters. The Morgan fingerprint density at radius 1 is 0.690 bits per heavy atom. The van der Waals surface area contributed by atoms with Gasteiger partial charge in [-0.2, -0.15) is 0 Å². The summed E-state index contributed by atoms with van der Waals surface area (Å²) in [5.74, 6) is 0. The first-order valence-corrected chi connectivity index (χ1v) is 12.6. The number of hydrogen-bond donors (Lipinski definition) is 4. The Kier molecular flexibility index (Phi) is 15.7. The van der Waals surface area contributed by atoms with Crippen molar-refractivity contribution in [1.29, 1.82) is 0 Å². The van der Waals surface area contributed by atoms with E-state index in [2.05, 4.69) is 18.2 Å². The van der Waals surface area contributed by atoms with Crippen molar-refractivity contribution < 1.29 is 25.2 Å². The number of aliphatic hydroxyl groups is 4. The first-order valence-electron chi connectivity index (χ1n) is 11.8. The van der Waals surface area contributed by atoms with Gasteiger partial charge >= 0.3 is 0 Å². The molecule has 1 saturated heterocycles. The van der Waals surface area contributed by atoms with E-state index in [9.17, 15) is 20.4 Å². The van der Waals surface area contributed by atoms with Crippen LogP contribution in [0.1, 0.15) is 90.9 Å². The highest BCUT2D eigenvalue weighted by atomic mass is 32.2. The first kappa shape index (κ1) is 27.1. The van der Waals surface area contributed by atoms with E-state index in [1.807, 2.05) is 0 Å². The highest BCUT2D eigenvalue weighted by molar-refractivity contribution is 7.97. The molecule has 6 nitrogen and oxygen atoms in total. The molecule has 0 amide bonds. The van der Waals surface area contributed by atoms with Gasteiger partial charge in [-0.25, -0.2) is 4.31 Å². The second-order valence-corrected chi connectivity index (χ2v) is 9.46. The summed E-state index contributed by atoms with van der Waals surface area (Å²) < 4.78 is 7.93. The van der Waals surface area contributed by atoms with Crippen LogP contribution in [0.25, 0.3) is 0 Å². The van der Waals surface area contributed by atoms with E-state index >= 15 is 0 Å². The van der Waals surface area contributed by atoms with Gasteiger partial charge in [-0.05, 0) is 24.8 Å². The zero-order valence-electron chi connectivity index (χ0n) is 18.5. The van der Waals surface area contributed by atoms with E-state index in [0.717, 1.165) is 25.9 Å². The number of rotatable bonds is 17. The first-order chi connectivity index (χ1) is 14.0. The minimum Gasteiger partial charge on any atom is -0.394 e. The number of ether oxygens (including phenoxy) is 1. The maximum absolute atomic E-state index is 10.3. The zero-order chi connectivity index (χ0) is 21.5. The van der Waals surface area contributed by atoms with Gasteiger partial charge in [-0.1, -0.05) is 78.1 Å². The van der Waals surface area contributed by atoms with Gasteiger partial charge in [0.05, 0.1) is 6.61 Å². The second-order valence-electron chi connectivity index (χ2n) is 8.27. The Morgan fingerprint density at radius 3 is 1.66 bits per heavy atom. The van der Waals surface area contributed by atoms with Crippen LogP contribution in [0.3, 0.4) is 0 Å². The molecule has 1 aliphatic rings. The van der Waals surface area contributed by atoms with Crippen LogP contribution in [-0.2, 0) is 4.74 Å². The van der Waals surface area contributed by atoms with Crippen LogP contribution < -0.4 is 0 Å². The minimum absolute atomic E-state index is 0.378. The molecule has 5 atom stereocenters. The molecule has 1 fully saturated rings. The fourth-order valence-corrected chi connectivity index (χ4v) is 4.90. The topological polar surface area (TPSA) is 93.4 Å². The molecule has 0 saturated carbocycles. The number of hydrogen-bond acceptors (Lipinski definition) is 7. The number of nitrogens with zero attached hydrogens (tertiary/aromatic N) is 1. The molecular formula is C22H45NO5S. The summed E-state index contributed by atoms with van der Waals surface area (Å²) in [5.41, 5.74) is -0.675. The van der Waals surface area contributed by atoms with Crippen LogP contribution in [0, 0.1) is 0 Å². The Bertz CT molecular complexity index is 372. The third-order valence-corrected chi connectivity index (χ3v) is 6.88. The minimum atomic E-state index is -1.30. The van der Waals surface area contributed by atoms with Crippen LogP contribution in [-0.4, -0.2) is 74.3 Å². The monoisotopic (exact) mass is 435 g/mol. The highest BCUT2D eigenvalue weighted by Crippen LogP contribution is 2.31. The Balaban J connectivity index is 2.49. The van der Waals surface area contributed by atoms with Crippen LogP contribution in [0.2, 0.25) is 0 Å². The molecule has 0 spiro atoms. The maximum Gasteiger partial charge on any atom is 0.146 e. The van der Waals surface area contributed by atoms with Gasteiger partial charge in [0, 0.05) is 13.1 Å². The molecule has 1 rings (SSSR count). The molecular weight excluding hydrogens is 390 g/mol. The lowest BCUT2D eigenvalue weighted by molar-refractivity contribution is -0.206. The normalized spacial score (nSPS) is 27.6. The summed E-state index contributed by atoms with van der Waals surface area (Å²) in [7, 11) is 0. The summed E-state index contributed by atoms with van der Waals surface area (Å²) in [6, 6.07) is 0. The second kappa shape index (κ2) is 16.8. The molecule has 0 aliphatic carbocycles. The van der Waals surface area contributed by atoms with Gasteiger partial charge in [-0.15, -0.1) is 0 Å². The SMILES string of the molecule is CCCCCCCCN(CCCCCCCC)S[C@@H]1O[C@H](CO)[C@@H](O)[C@H](O)[C@H]1O. The predicted octanol–water partition coefficient (Wildman–Crippen LogP) is 3.46. The van der Waals surface area contributed by atoms with Crippen molar-refractivity contribution in [3.63, 3.8) is 0 Å². The Labute approximate surface area is 182 Å². The van der Waals surface area contributed by atoms with E-state index < -0.39 is 29.9 Å². The van der Waals surface area contributed by atoms with Crippen LogP contribution in [0.5, 0.6) is 0 Å². The molecule has 4 N–H and O–H groups in total. The lowest BCUT2D eigenvalue weighted by Crippen LogP contribution is -2.58. The van der Waals surface area contributed by atoms with Crippen molar-refractivity contribution >= 4 is 11.9 Å². The van der Waals surface area contributed by atoms with E-state index in [1.54, 1.807) is 0 Å². The number of aliphatic hydroxyl groups excluding tert-OH is 4. The van der Waals surface area contributed by atoms with Gasteiger partial charge in [0.2, 0.25) is 0 Å². The lowest BCUT2D eigenvalue weighted by atomic mass is 10.0. The van der Waals surface area contributed by atoms with Gasteiger partial charge in [0.1, 0.15) is 29.9 Å². The van der Waals surface area contributed by atoms with E-state index in [4.69, 9.17) is 4.74 Å². The van der Waals surface area contributed by atoms with Crippen molar-refractivity contribution in [3.8, 4) is 0 Å². The van der Waals surface area contributed by atoms with Crippen molar-refractivity contribution in [3.05, 3.63) is 0 Å². The summed E-state index contributed by atoms with van der Waals surface area (Å²) >= 11 is 1.41. The van der Waals surface area contributed by atoms with E-state index in [-0.39, 0.29) is 6.61 Å². The highest BCUT2D eigenvalue weighted by Gasteiger charge is 2.44. The average molecular weight is 436 g/mol. The Hall–Kier alpha value is 0.110. The third-order valence-electron chi connectivity index (χ3n) is 5.62. The fraction of sp³-hybridized carbons (Fsp3) is 1.00. The number of unbranched alkanes of at least 4 members (excludes halogenated alkanes) is 10. The van der Waals surface area contributed by atoms with Crippen LogP contribution >= 0.6 is 11.9 Å². The quantitative estimate of drug-likeness (QED) is 0.205. The molecule has 1 aliphatic heterocycles. The zero-order valence-corrected chi connectivity index (χ0v) is 19.4. The van der Waals surface area contributed by atoms with E-state index in [0.29, 0.717) is 0 Å². The largest absolute Gasteiger partial charge is 0.394 e. The van der Waals surface area contributed by atoms with Crippen molar-refractivity contribution in [2.75, 3.05) is 19.7 Å². The molecule has 0 radical (unpaired) electrons. The lowest BCUT2D eigenvalue weighted by Gasteiger charge is -2.41. The average Bonchev–Trinajstić information content (AvgIpc) is 2.72. The Morgan fingerprint density at radius 2 is 1.17 bits per heavy atom.